The lowest BCUT2D eigenvalue weighted by Gasteiger charge is -2.21. The predicted octanol–water partition coefficient (Wildman–Crippen LogP) is 4.13. The summed E-state index contributed by atoms with van der Waals surface area (Å²) in [6.07, 6.45) is 3.62. The number of benzene rings is 1. The quantitative estimate of drug-likeness (QED) is 0.746. The Morgan fingerprint density at radius 2 is 1.65 bits per heavy atom. The van der Waals surface area contributed by atoms with E-state index in [1.165, 1.54) is 30.4 Å². The van der Waals surface area contributed by atoms with E-state index in [9.17, 15) is 0 Å². The van der Waals surface area contributed by atoms with Crippen LogP contribution in [0.25, 0.3) is 0 Å². The zero-order valence-corrected chi connectivity index (χ0v) is 11.8. The SMILES string of the molecule is CCCNC(C)C(C)c1ccc(CCC)cc1. The summed E-state index contributed by atoms with van der Waals surface area (Å²) in [5.41, 5.74) is 2.90. The molecule has 0 spiro atoms. The molecule has 1 heteroatoms. The maximum absolute atomic E-state index is 3.57. The van der Waals surface area contributed by atoms with Crippen LogP contribution in [0, 0.1) is 0 Å². The molecular formula is C16H27N. The Labute approximate surface area is 107 Å². The van der Waals surface area contributed by atoms with Gasteiger partial charge in [-0.25, -0.2) is 0 Å². The Kier molecular flexibility index (Phi) is 6.28. The van der Waals surface area contributed by atoms with Gasteiger partial charge in [-0.2, -0.15) is 0 Å². The summed E-state index contributed by atoms with van der Waals surface area (Å²) in [4.78, 5) is 0. The Morgan fingerprint density at radius 3 is 2.18 bits per heavy atom. The predicted molar refractivity (Wildman–Crippen MR) is 76.6 cm³/mol. The van der Waals surface area contributed by atoms with Crippen LogP contribution in [-0.2, 0) is 6.42 Å². The maximum atomic E-state index is 3.57. The van der Waals surface area contributed by atoms with E-state index in [0.29, 0.717) is 12.0 Å². The molecule has 2 atom stereocenters. The molecule has 0 radical (unpaired) electrons. The van der Waals surface area contributed by atoms with E-state index in [0.717, 1.165) is 6.54 Å². The number of aryl methyl sites for hydroxylation is 1. The molecule has 0 bridgehead atoms. The highest BCUT2D eigenvalue weighted by Gasteiger charge is 2.12. The monoisotopic (exact) mass is 233 g/mol. The molecule has 2 unspecified atom stereocenters. The van der Waals surface area contributed by atoms with Crippen molar-refractivity contribution in [3.8, 4) is 0 Å². The Balaban J connectivity index is 2.58. The van der Waals surface area contributed by atoms with Crippen molar-refractivity contribution in [2.45, 2.75) is 58.9 Å². The average Bonchev–Trinajstić information content (AvgIpc) is 2.36. The van der Waals surface area contributed by atoms with Crippen molar-refractivity contribution in [1.29, 1.82) is 0 Å². The second-order valence-electron chi connectivity index (χ2n) is 5.02. The molecule has 96 valence electrons. The van der Waals surface area contributed by atoms with Gasteiger partial charge in [0, 0.05) is 6.04 Å². The third kappa shape index (κ3) is 4.51. The van der Waals surface area contributed by atoms with Crippen molar-refractivity contribution >= 4 is 0 Å². The highest BCUT2D eigenvalue weighted by atomic mass is 14.9. The van der Waals surface area contributed by atoms with Gasteiger partial charge in [-0.1, -0.05) is 51.5 Å². The molecular weight excluding hydrogens is 206 g/mol. The smallest absolute Gasteiger partial charge is 0.0105 e. The van der Waals surface area contributed by atoms with E-state index in [4.69, 9.17) is 0 Å². The van der Waals surface area contributed by atoms with Crippen LogP contribution in [-0.4, -0.2) is 12.6 Å². The summed E-state index contributed by atoms with van der Waals surface area (Å²) in [6.45, 7) is 10.1. The van der Waals surface area contributed by atoms with Crippen molar-refractivity contribution in [1.82, 2.24) is 5.32 Å². The molecule has 0 aromatic heterocycles. The molecule has 17 heavy (non-hydrogen) atoms. The fourth-order valence-electron chi connectivity index (χ4n) is 2.11. The van der Waals surface area contributed by atoms with Crippen LogP contribution < -0.4 is 5.32 Å². The zero-order valence-electron chi connectivity index (χ0n) is 11.8. The van der Waals surface area contributed by atoms with Gasteiger partial charge in [-0.15, -0.1) is 0 Å². The molecule has 1 aromatic rings. The van der Waals surface area contributed by atoms with Gasteiger partial charge < -0.3 is 5.32 Å². The summed E-state index contributed by atoms with van der Waals surface area (Å²) < 4.78 is 0. The van der Waals surface area contributed by atoms with Crippen LogP contribution in [0.4, 0.5) is 0 Å². The van der Waals surface area contributed by atoms with E-state index < -0.39 is 0 Å². The van der Waals surface area contributed by atoms with Gasteiger partial charge in [0.25, 0.3) is 0 Å². The third-order valence-electron chi connectivity index (χ3n) is 3.51. The molecule has 0 saturated carbocycles. The van der Waals surface area contributed by atoms with E-state index >= 15 is 0 Å². The van der Waals surface area contributed by atoms with Crippen molar-refractivity contribution < 1.29 is 0 Å². The Bertz CT molecular complexity index is 302. The molecule has 1 N–H and O–H groups in total. The van der Waals surface area contributed by atoms with Gasteiger partial charge >= 0.3 is 0 Å². The lowest BCUT2D eigenvalue weighted by atomic mass is 9.93. The topological polar surface area (TPSA) is 12.0 Å². The molecule has 0 aliphatic carbocycles. The van der Waals surface area contributed by atoms with E-state index in [1.807, 2.05) is 0 Å². The second kappa shape index (κ2) is 7.50. The Morgan fingerprint density at radius 1 is 1.00 bits per heavy atom. The second-order valence-corrected chi connectivity index (χ2v) is 5.02. The first-order chi connectivity index (χ1) is 8.19. The van der Waals surface area contributed by atoms with Crippen LogP contribution >= 0.6 is 0 Å². The first-order valence-electron chi connectivity index (χ1n) is 7.01. The summed E-state index contributed by atoms with van der Waals surface area (Å²) in [5.74, 6) is 0.581. The largest absolute Gasteiger partial charge is 0.314 e. The standard InChI is InChI=1S/C16H27N/c1-5-7-15-8-10-16(11-9-15)13(3)14(4)17-12-6-2/h8-11,13-14,17H,5-7,12H2,1-4H3. The van der Waals surface area contributed by atoms with Crippen LogP contribution in [0.3, 0.4) is 0 Å². The Hall–Kier alpha value is -0.820. The first kappa shape index (κ1) is 14.2. The molecule has 1 rings (SSSR count). The average molecular weight is 233 g/mol. The van der Waals surface area contributed by atoms with E-state index in [2.05, 4.69) is 57.3 Å². The zero-order chi connectivity index (χ0) is 12.7. The molecule has 0 aliphatic rings. The molecule has 0 saturated heterocycles. The lowest BCUT2D eigenvalue weighted by Crippen LogP contribution is -2.31. The van der Waals surface area contributed by atoms with Crippen LogP contribution in [0.2, 0.25) is 0 Å². The highest BCUT2D eigenvalue weighted by molar-refractivity contribution is 5.26. The molecule has 0 fully saturated rings. The van der Waals surface area contributed by atoms with Crippen LogP contribution in [0.5, 0.6) is 0 Å². The van der Waals surface area contributed by atoms with Crippen LogP contribution in [0.15, 0.2) is 24.3 Å². The van der Waals surface area contributed by atoms with E-state index in [1.54, 1.807) is 0 Å². The number of nitrogens with one attached hydrogen (secondary N) is 1. The molecule has 1 nitrogen and oxygen atoms in total. The minimum Gasteiger partial charge on any atom is -0.314 e. The fraction of sp³-hybridized carbons (Fsp3) is 0.625. The first-order valence-corrected chi connectivity index (χ1v) is 7.01. The normalized spacial score (nSPS) is 14.6. The van der Waals surface area contributed by atoms with Gasteiger partial charge in [0.1, 0.15) is 0 Å². The molecule has 0 aliphatic heterocycles. The van der Waals surface area contributed by atoms with Gasteiger partial charge in [0.05, 0.1) is 0 Å². The molecule has 1 aromatic carbocycles. The van der Waals surface area contributed by atoms with Gasteiger partial charge in [-0.05, 0) is 43.4 Å². The number of rotatable bonds is 7. The van der Waals surface area contributed by atoms with Gasteiger partial charge in [-0.3, -0.25) is 0 Å². The third-order valence-corrected chi connectivity index (χ3v) is 3.51. The summed E-state index contributed by atoms with van der Waals surface area (Å²) in [7, 11) is 0. The van der Waals surface area contributed by atoms with Crippen molar-refractivity contribution in [2.75, 3.05) is 6.54 Å². The lowest BCUT2D eigenvalue weighted by molar-refractivity contribution is 0.481. The summed E-state index contributed by atoms with van der Waals surface area (Å²) in [6, 6.07) is 9.69. The summed E-state index contributed by atoms with van der Waals surface area (Å²) >= 11 is 0. The number of hydrogen-bond donors (Lipinski definition) is 1. The number of hydrogen-bond acceptors (Lipinski definition) is 1. The van der Waals surface area contributed by atoms with Gasteiger partial charge in [0.15, 0.2) is 0 Å². The van der Waals surface area contributed by atoms with Crippen molar-refractivity contribution in [3.05, 3.63) is 35.4 Å². The maximum Gasteiger partial charge on any atom is 0.0105 e. The molecule has 0 amide bonds. The van der Waals surface area contributed by atoms with Gasteiger partial charge in [0.2, 0.25) is 0 Å². The fourth-order valence-corrected chi connectivity index (χ4v) is 2.11. The minimum atomic E-state index is 0.548. The van der Waals surface area contributed by atoms with Crippen LogP contribution in [0.1, 0.15) is 57.6 Å². The molecule has 0 heterocycles. The van der Waals surface area contributed by atoms with Crippen molar-refractivity contribution in [3.63, 3.8) is 0 Å². The highest BCUT2D eigenvalue weighted by Crippen LogP contribution is 2.20. The van der Waals surface area contributed by atoms with Crippen molar-refractivity contribution in [2.24, 2.45) is 0 Å². The minimum absolute atomic E-state index is 0.548. The summed E-state index contributed by atoms with van der Waals surface area (Å²) in [5, 5.41) is 3.57. The van der Waals surface area contributed by atoms with E-state index in [-0.39, 0.29) is 0 Å².